The number of carboxylic acid groups (broad SMARTS) is 1. The Labute approximate surface area is 125 Å². The molecule has 1 aromatic heterocycles. The molecule has 2 aromatic rings. The van der Waals surface area contributed by atoms with Crippen LogP contribution < -0.4 is 4.72 Å². The molecule has 0 unspecified atom stereocenters. The molecular formula is C13H13NO5S2. The molecule has 8 heteroatoms. The number of phenols is 1. The summed E-state index contributed by atoms with van der Waals surface area (Å²) in [5, 5.41) is 17.8. The summed E-state index contributed by atoms with van der Waals surface area (Å²) in [4.78, 5) is 11.1. The molecule has 0 aliphatic heterocycles. The normalized spacial score (nSPS) is 11.4. The molecular weight excluding hydrogens is 314 g/mol. The molecule has 1 aromatic carbocycles. The number of phenolic OH excluding ortho intramolecular Hbond substituents is 1. The van der Waals surface area contributed by atoms with Crippen LogP contribution in [0.1, 0.15) is 10.4 Å². The summed E-state index contributed by atoms with van der Waals surface area (Å²) >= 11 is 0.934. The van der Waals surface area contributed by atoms with E-state index in [9.17, 15) is 13.2 Å². The van der Waals surface area contributed by atoms with Crippen molar-refractivity contribution >= 4 is 27.3 Å². The van der Waals surface area contributed by atoms with Gasteiger partial charge in [-0.3, -0.25) is 4.79 Å². The third-order valence-corrected chi connectivity index (χ3v) is 5.61. The van der Waals surface area contributed by atoms with Crippen molar-refractivity contribution < 1.29 is 23.4 Å². The highest BCUT2D eigenvalue weighted by molar-refractivity contribution is 7.91. The largest absolute Gasteiger partial charge is 0.508 e. The number of aromatic hydroxyl groups is 1. The predicted molar refractivity (Wildman–Crippen MR) is 77.8 cm³/mol. The SMILES string of the molecule is O=C(O)Cc1ccc(S(=O)(=O)NCc2ccc(O)cc2)s1. The Balaban J connectivity index is 2.06. The van der Waals surface area contributed by atoms with Gasteiger partial charge in [0.2, 0.25) is 10.0 Å². The molecule has 0 aliphatic carbocycles. The average Bonchev–Trinajstić information content (AvgIpc) is 2.86. The lowest BCUT2D eigenvalue weighted by molar-refractivity contribution is -0.136. The van der Waals surface area contributed by atoms with Crippen LogP contribution >= 0.6 is 11.3 Å². The number of sulfonamides is 1. The third-order valence-electron chi connectivity index (χ3n) is 2.63. The Hall–Kier alpha value is -1.90. The molecule has 0 saturated carbocycles. The lowest BCUT2D eigenvalue weighted by Gasteiger charge is -2.05. The monoisotopic (exact) mass is 327 g/mol. The Bertz CT molecular complexity index is 734. The second kappa shape index (κ2) is 6.25. The van der Waals surface area contributed by atoms with Gasteiger partial charge in [0.1, 0.15) is 9.96 Å². The molecule has 3 N–H and O–H groups in total. The molecule has 0 amide bonds. The van der Waals surface area contributed by atoms with E-state index in [2.05, 4.69) is 4.72 Å². The van der Waals surface area contributed by atoms with Crippen molar-refractivity contribution in [2.75, 3.05) is 0 Å². The minimum absolute atomic E-state index is 0.0810. The van der Waals surface area contributed by atoms with Crippen LogP contribution in [0.2, 0.25) is 0 Å². The summed E-state index contributed by atoms with van der Waals surface area (Å²) in [6.45, 7) is 0.0920. The first kappa shape index (κ1) is 15.5. The number of hydrogen-bond donors (Lipinski definition) is 3. The van der Waals surface area contributed by atoms with Gasteiger partial charge in [0, 0.05) is 11.4 Å². The van der Waals surface area contributed by atoms with Crippen molar-refractivity contribution in [2.45, 2.75) is 17.2 Å². The number of hydrogen-bond acceptors (Lipinski definition) is 5. The van der Waals surface area contributed by atoms with Crippen molar-refractivity contribution in [3.63, 3.8) is 0 Å². The van der Waals surface area contributed by atoms with Crippen LogP contribution in [-0.2, 0) is 27.8 Å². The highest BCUT2D eigenvalue weighted by Crippen LogP contribution is 2.22. The fourth-order valence-corrected chi connectivity index (χ4v) is 4.02. The Kier molecular flexibility index (Phi) is 4.61. The summed E-state index contributed by atoms with van der Waals surface area (Å²) in [5.41, 5.74) is 0.707. The highest BCUT2D eigenvalue weighted by atomic mass is 32.2. The van der Waals surface area contributed by atoms with Crippen LogP contribution in [0.5, 0.6) is 5.75 Å². The summed E-state index contributed by atoms with van der Waals surface area (Å²) in [5.74, 6) is -0.893. The van der Waals surface area contributed by atoms with E-state index in [0.717, 1.165) is 11.3 Å². The summed E-state index contributed by atoms with van der Waals surface area (Å²) < 4.78 is 26.7. The maximum Gasteiger partial charge on any atom is 0.308 e. The number of aliphatic carboxylic acids is 1. The van der Waals surface area contributed by atoms with Gasteiger partial charge in [-0.1, -0.05) is 12.1 Å². The van der Waals surface area contributed by atoms with Crippen molar-refractivity contribution in [1.29, 1.82) is 0 Å². The number of rotatable bonds is 6. The van der Waals surface area contributed by atoms with E-state index in [1.807, 2.05) is 0 Å². The Morgan fingerprint density at radius 1 is 1.14 bits per heavy atom. The van der Waals surface area contributed by atoms with E-state index in [0.29, 0.717) is 10.4 Å². The molecule has 112 valence electrons. The van der Waals surface area contributed by atoms with Gasteiger partial charge < -0.3 is 10.2 Å². The second-order valence-electron chi connectivity index (χ2n) is 4.28. The zero-order valence-electron chi connectivity index (χ0n) is 10.8. The molecule has 6 nitrogen and oxygen atoms in total. The van der Waals surface area contributed by atoms with E-state index < -0.39 is 16.0 Å². The highest BCUT2D eigenvalue weighted by Gasteiger charge is 2.17. The molecule has 0 saturated heterocycles. The van der Waals surface area contributed by atoms with Gasteiger partial charge in [0.15, 0.2) is 0 Å². The third kappa shape index (κ3) is 4.28. The zero-order chi connectivity index (χ0) is 15.5. The van der Waals surface area contributed by atoms with Gasteiger partial charge in [-0.25, -0.2) is 13.1 Å². The van der Waals surface area contributed by atoms with Gasteiger partial charge in [-0.2, -0.15) is 0 Å². The first-order valence-electron chi connectivity index (χ1n) is 5.95. The molecule has 21 heavy (non-hydrogen) atoms. The van der Waals surface area contributed by atoms with Crippen LogP contribution in [0, 0.1) is 0 Å². The van der Waals surface area contributed by atoms with Gasteiger partial charge in [-0.05, 0) is 29.8 Å². The van der Waals surface area contributed by atoms with Crippen LogP contribution in [0.25, 0.3) is 0 Å². The van der Waals surface area contributed by atoms with Crippen LogP contribution in [0.4, 0.5) is 0 Å². The summed E-state index contributed by atoms with van der Waals surface area (Å²) in [7, 11) is -3.67. The van der Waals surface area contributed by atoms with Crippen molar-refractivity contribution in [3.05, 3.63) is 46.8 Å². The fraction of sp³-hybridized carbons (Fsp3) is 0.154. The molecule has 0 radical (unpaired) electrons. The summed E-state index contributed by atoms with van der Waals surface area (Å²) in [6.07, 6.45) is -0.196. The van der Waals surface area contributed by atoms with E-state index in [1.54, 1.807) is 12.1 Å². The van der Waals surface area contributed by atoms with Crippen LogP contribution in [0.15, 0.2) is 40.6 Å². The molecule has 0 aliphatic rings. The number of benzene rings is 1. The minimum atomic E-state index is -3.67. The predicted octanol–water partition coefficient (Wildman–Crippen LogP) is 1.56. The standard InChI is InChI=1S/C13H13NO5S2/c15-10-3-1-9(2-4-10)8-14-21(18,19)13-6-5-11(20-13)7-12(16)17/h1-6,14-15H,7-8H2,(H,16,17). The van der Waals surface area contributed by atoms with Gasteiger partial charge in [0.25, 0.3) is 0 Å². The van der Waals surface area contributed by atoms with Crippen LogP contribution in [0.3, 0.4) is 0 Å². The van der Waals surface area contributed by atoms with Crippen LogP contribution in [-0.4, -0.2) is 24.6 Å². The molecule has 2 rings (SSSR count). The number of carboxylic acids is 1. The second-order valence-corrected chi connectivity index (χ2v) is 7.44. The minimum Gasteiger partial charge on any atom is -0.508 e. The quantitative estimate of drug-likeness (QED) is 0.747. The van der Waals surface area contributed by atoms with E-state index in [-0.39, 0.29) is 22.9 Å². The molecule has 0 fully saturated rings. The van der Waals surface area contributed by atoms with Crippen molar-refractivity contribution in [1.82, 2.24) is 4.72 Å². The Morgan fingerprint density at radius 3 is 2.43 bits per heavy atom. The first-order chi connectivity index (χ1) is 9.87. The lowest BCUT2D eigenvalue weighted by atomic mass is 10.2. The lowest BCUT2D eigenvalue weighted by Crippen LogP contribution is -2.22. The number of thiophene rings is 1. The van der Waals surface area contributed by atoms with Crippen molar-refractivity contribution in [2.24, 2.45) is 0 Å². The fourth-order valence-electron chi connectivity index (χ4n) is 1.61. The topological polar surface area (TPSA) is 104 Å². The zero-order valence-corrected chi connectivity index (χ0v) is 12.4. The van der Waals surface area contributed by atoms with Gasteiger partial charge in [-0.15, -0.1) is 11.3 Å². The number of carbonyl (C=O) groups is 1. The average molecular weight is 327 g/mol. The first-order valence-corrected chi connectivity index (χ1v) is 8.25. The van der Waals surface area contributed by atoms with E-state index >= 15 is 0 Å². The molecule has 0 spiro atoms. The van der Waals surface area contributed by atoms with E-state index in [4.69, 9.17) is 10.2 Å². The Morgan fingerprint density at radius 2 is 1.81 bits per heavy atom. The summed E-state index contributed by atoms with van der Waals surface area (Å²) in [6, 6.07) is 9.06. The van der Waals surface area contributed by atoms with E-state index in [1.165, 1.54) is 24.3 Å². The number of nitrogens with one attached hydrogen (secondary N) is 1. The van der Waals surface area contributed by atoms with Gasteiger partial charge >= 0.3 is 5.97 Å². The molecule has 0 atom stereocenters. The molecule has 0 bridgehead atoms. The van der Waals surface area contributed by atoms with Gasteiger partial charge in [0.05, 0.1) is 6.42 Å². The smallest absolute Gasteiger partial charge is 0.308 e. The maximum absolute atomic E-state index is 12.1. The molecule has 1 heterocycles. The maximum atomic E-state index is 12.1. The van der Waals surface area contributed by atoms with Crippen molar-refractivity contribution in [3.8, 4) is 5.75 Å².